The predicted molar refractivity (Wildman–Crippen MR) is 123 cm³/mol. The molecule has 2 aromatic rings. The smallest absolute Gasteiger partial charge is 0.259 e. The number of nitrogens with zero attached hydrogens (tertiary/aromatic N) is 3. The minimum Gasteiger partial charge on any atom is -0.483 e. The van der Waals surface area contributed by atoms with Crippen LogP contribution in [0.15, 0.2) is 54.6 Å². The van der Waals surface area contributed by atoms with Crippen molar-refractivity contribution in [1.29, 1.82) is 0 Å². The molecule has 31 heavy (non-hydrogen) atoms. The van der Waals surface area contributed by atoms with Crippen molar-refractivity contribution in [2.45, 2.75) is 6.42 Å². The third-order valence-corrected chi connectivity index (χ3v) is 5.41. The zero-order valence-corrected chi connectivity index (χ0v) is 18.4. The molecule has 0 aromatic heterocycles. The summed E-state index contributed by atoms with van der Waals surface area (Å²) in [5, 5.41) is 2.97. The van der Waals surface area contributed by atoms with Gasteiger partial charge >= 0.3 is 0 Å². The van der Waals surface area contributed by atoms with E-state index in [1.54, 1.807) is 38.4 Å². The highest BCUT2D eigenvalue weighted by Crippen LogP contribution is 2.18. The zero-order valence-electron chi connectivity index (χ0n) is 18.4. The lowest BCUT2D eigenvalue weighted by Gasteiger charge is -2.36. The lowest BCUT2D eigenvalue weighted by atomic mass is 10.2. The summed E-state index contributed by atoms with van der Waals surface area (Å²) in [7, 11) is 3.34. The number of nitrogens with one attached hydrogen (secondary N) is 1. The molecule has 0 atom stereocenters. The Kier molecular flexibility index (Phi) is 8.29. The van der Waals surface area contributed by atoms with Crippen LogP contribution in [0, 0.1) is 0 Å². The normalized spacial score (nSPS) is 14.2. The highest BCUT2D eigenvalue weighted by Gasteiger charge is 2.17. The van der Waals surface area contributed by atoms with Crippen LogP contribution in [0.5, 0.6) is 5.75 Å². The van der Waals surface area contributed by atoms with E-state index in [0.29, 0.717) is 17.9 Å². The Labute approximate surface area is 184 Å². The molecule has 0 spiro atoms. The minimum atomic E-state index is -0.179. The molecule has 0 unspecified atom stereocenters. The summed E-state index contributed by atoms with van der Waals surface area (Å²) in [6, 6.07) is 17.5. The molecule has 3 rings (SSSR count). The number of para-hydroxylation sites is 2. The first-order valence-electron chi connectivity index (χ1n) is 10.8. The molecule has 0 saturated carbocycles. The first-order chi connectivity index (χ1) is 15.0. The van der Waals surface area contributed by atoms with Crippen molar-refractivity contribution in [2.24, 2.45) is 0 Å². The van der Waals surface area contributed by atoms with Gasteiger partial charge in [-0.05, 0) is 37.2 Å². The monoisotopic (exact) mass is 424 g/mol. The summed E-state index contributed by atoms with van der Waals surface area (Å²) >= 11 is 0. The van der Waals surface area contributed by atoms with Gasteiger partial charge in [-0.3, -0.25) is 14.5 Å². The van der Waals surface area contributed by atoms with Crippen molar-refractivity contribution >= 4 is 17.5 Å². The van der Waals surface area contributed by atoms with Gasteiger partial charge in [-0.25, -0.2) is 0 Å². The number of carbonyl (C=O) groups is 2. The van der Waals surface area contributed by atoms with E-state index in [9.17, 15) is 9.59 Å². The average Bonchev–Trinajstić information content (AvgIpc) is 2.81. The van der Waals surface area contributed by atoms with Crippen molar-refractivity contribution in [1.82, 2.24) is 15.1 Å². The second-order valence-corrected chi connectivity index (χ2v) is 7.85. The number of piperazine rings is 1. The SMILES string of the molecule is CN(C)C(=O)COc1ccccc1C(=O)NCCCN1CCN(c2ccccc2)CC1. The van der Waals surface area contributed by atoms with Crippen LogP contribution >= 0.6 is 0 Å². The van der Waals surface area contributed by atoms with Crippen molar-refractivity contribution in [2.75, 3.05) is 64.9 Å². The van der Waals surface area contributed by atoms with Crippen LogP contribution in [0.1, 0.15) is 16.8 Å². The van der Waals surface area contributed by atoms with Gasteiger partial charge in [0.2, 0.25) is 0 Å². The quantitative estimate of drug-likeness (QED) is 0.625. The fraction of sp³-hybridized carbons (Fsp3) is 0.417. The molecular formula is C24H32N4O3. The molecule has 0 radical (unpaired) electrons. The zero-order chi connectivity index (χ0) is 22.1. The first-order valence-corrected chi connectivity index (χ1v) is 10.8. The van der Waals surface area contributed by atoms with Crippen molar-refractivity contribution in [3.05, 3.63) is 60.2 Å². The number of hydrogen-bond acceptors (Lipinski definition) is 5. The van der Waals surface area contributed by atoms with Crippen molar-refractivity contribution in [3.63, 3.8) is 0 Å². The Morgan fingerprint density at radius 1 is 0.968 bits per heavy atom. The molecule has 7 nitrogen and oxygen atoms in total. The lowest BCUT2D eigenvalue weighted by Crippen LogP contribution is -2.47. The van der Waals surface area contributed by atoms with Gasteiger partial charge in [0.15, 0.2) is 6.61 Å². The molecule has 0 bridgehead atoms. The van der Waals surface area contributed by atoms with Crippen LogP contribution in [-0.4, -0.2) is 81.6 Å². The van der Waals surface area contributed by atoms with Crippen LogP contribution < -0.4 is 15.0 Å². The summed E-state index contributed by atoms with van der Waals surface area (Å²) < 4.78 is 5.56. The van der Waals surface area contributed by atoms with E-state index in [4.69, 9.17) is 4.74 Å². The topological polar surface area (TPSA) is 65.1 Å². The molecular weight excluding hydrogens is 392 g/mol. The Hall–Kier alpha value is -3.06. The second-order valence-electron chi connectivity index (χ2n) is 7.85. The second kappa shape index (κ2) is 11.4. The molecule has 0 aliphatic carbocycles. The fourth-order valence-corrected chi connectivity index (χ4v) is 3.52. The number of ether oxygens (including phenoxy) is 1. The van der Waals surface area contributed by atoms with Crippen LogP contribution in [0.25, 0.3) is 0 Å². The van der Waals surface area contributed by atoms with Gasteiger partial charge in [0.05, 0.1) is 5.56 Å². The first kappa shape index (κ1) is 22.6. The van der Waals surface area contributed by atoms with Gasteiger partial charge in [-0.2, -0.15) is 0 Å². The van der Waals surface area contributed by atoms with Gasteiger partial charge < -0.3 is 19.9 Å². The summed E-state index contributed by atoms with van der Waals surface area (Å²) in [5.41, 5.74) is 1.73. The van der Waals surface area contributed by atoms with Crippen LogP contribution in [0.2, 0.25) is 0 Å². The van der Waals surface area contributed by atoms with E-state index in [2.05, 4.69) is 39.4 Å². The summed E-state index contributed by atoms with van der Waals surface area (Å²) in [5.74, 6) is 0.0941. The van der Waals surface area contributed by atoms with E-state index in [-0.39, 0.29) is 18.4 Å². The fourth-order valence-electron chi connectivity index (χ4n) is 3.52. The highest BCUT2D eigenvalue weighted by molar-refractivity contribution is 5.97. The van der Waals surface area contributed by atoms with E-state index in [1.807, 2.05) is 6.07 Å². The number of hydrogen-bond donors (Lipinski definition) is 1. The molecule has 1 aliphatic rings. The number of rotatable bonds is 9. The third kappa shape index (κ3) is 6.72. The van der Waals surface area contributed by atoms with E-state index in [0.717, 1.165) is 39.1 Å². The number of carbonyl (C=O) groups excluding carboxylic acids is 2. The van der Waals surface area contributed by atoms with Crippen molar-refractivity contribution < 1.29 is 14.3 Å². The molecule has 7 heteroatoms. The van der Waals surface area contributed by atoms with E-state index >= 15 is 0 Å². The summed E-state index contributed by atoms with van der Waals surface area (Å²) in [6.07, 6.45) is 0.888. The minimum absolute atomic E-state index is 0.0910. The Morgan fingerprint density at radius 2 is 1.65 bits per heavy atom. The van der Waals surface area contributed by atoms with Gasteiger partial charge in [-0.1, -0.05) is 30.3 Å². The molecule has 2 aromatic carbocycles. The molecule has 1 aliphatic heterocycles. The average molecular weight is 425 g/mol. The molecule has 2 amide bonds. The third-order valence-electron chi connectivity index (χ3n) is 5.41. The van der Waals surface area contributed by atoms with E-state index in [1.165, 1.54) is 10.6 Å². The lowest BCUT2D eigenvalue weighted by molar-refractivity contribution is -0.130. The van der Waals surface area contributed by atoms with Gasteiger partial charge in [0.25, 0.3) is 11.8 Å². The molecule has 1 saturated heterocycles. The number of amides is 2. The van der Waals surface area contributed by atoms with Crippen molar-refractivity contribution in [3.8, 4) is 5.75 Å². The Balaban J connectivity index is 1.39. The molecule has 166 valence electrons. The molecule has 1 N–H and O–H groups in total. The predicted octanol–water partition coefficient (Wildman–Crippen LogP) is 2.10. The molecule has 1 fully saturated rings. The summed E-state index contributed by atoms with van der Waals surface area (Å²) in [4.78, 5) is 30.7. The number of benzene rings is 2. The maximum absolute atomic E-state index is 12.6. The number of likely N-dealkylation sites (N-methyl/N-ethyl adjacent to an activating group) is 1. The maximum atomic E-state index is 12.6. The standard InChI is InChI=1S/C24H32N4O3/c1-26(2)23(29)19-31-22-12-7-6-11-21(22)24(30)25-13-8-14-27-15-17-28(18-16-27)20-9-4-3-5-10-20/h3-7,9-12H,8,13-19H2,1-2H3,(H,25,30). The summed E-state index contributed by atoms with van der Waals surface area (Å²) in [6.45, 7) is 5.56. The Bertz CT molecular complexity index is 849. The molecule has 1 heterocycles. The van der Waals surface area contributed by atoms with E-state index < -0.39 is 0 Å². The highest BCUT2D eigenvalue weighted by atomic mass is 16.5. The van der Waals surface area contributed by atoms with Gasteiger partial charge in [0, 0.05) is 52.5 Å². The van der Waals surface area contributed by atoms with Crippen LogP contribution in [0.4, 0.5) is 5.69 Å². The largest absolute Gasteiger partial charge is 0.483 e. The van der Waals surface area contributed by atoms with Crippen LogP contribution in [-0.2, 0) is 4.79 Å². The maximum Gasteiger partial charge on any atom is 0.259 e. The number of anilines is 1. The van der Waals surface area contributed by atoms with Gasteiger partial charge in [0.1, 0.15) is 5.75 Å². The van der Waals surface area contributed by atoms with Crippen LogP contribution in [0.3, 0.4) is 0 Å². The van der Waals surface area contributed by atoms with Gasteiger partial charge in [-0.15, -0.1) is 0 Å². The Morgan fingerprint density at radius 3 is 2.35 bits per heavy atom.